The van der Waals surface area contributed by atoms with Crippen molar-refractivity contribution in [2.24, 2.45) is 0 Å². The Labute approximate surface area is 158 Å². The Morgan fingerprint density at radius 2 is 1.19 bits per heavy atom. The molecule has 0 spiro atoms. The number of aryl methyl sites for hydroxylation is 4. The van der Waals surface area contributed by atoms with Gasteiger partial charge in [0, 0.05) is 6.54 Å². The van der Waals surface area contributed by atoms with Crippen molar-refractivity contribution in [3.63, 3.8) is 0 Å². The number of benzene rings is 2. The molecule has 0 bridgehead atoms. The monoisotopic (exact) mass is 355 g/mol. The maximum Gasteiger partial charge on any atom is 0.109 e. The molecular formula is C23H33NO2. The fourth-order valence-corrected chi connectivity index (χ4v) is 3.37. The largest absolute Gasteiger partial charge is 0.378 e. The van der Waals surface area contributed by atoms with Gasteiger partial charge in [0.05, 0.1) is 19.8 Å². The van der Waals surface area contributed by atoms with Crippen LogP contribution in [0.1, 0.15) is 39.5 Å². The van der Waals surface area contributed by atoms with Crippen molar-refractivity contribution in [1.82, 2.24) is 4.90 Å². The Kier molecular flexibility index (Phi) is 7.83. The summed E-state index contributed by atoms with van der Waals surface area (Å²) in [6, 6.07) is 12.9. The maximum absolute atomic E-state index is 6.41. The molecule has 26 heavy (non-hydrogen) atoms. The third-order valence-corrected chi connectivity index (χ3v) is 4.80. The summed E-state index contributed by atoms with van der Waals surface area (Å²) in [6.45, 7) is 11.5. The molecule has 3 nitrogen and oxygen atoms in total. The molecule has 0 fully saturated rings. The molecule has 0 heterocycles. The molecule has 0 unspecified atom stereocenters. The minimum Gasteiger partial charge on any atom is -0.378 e. The van der Waals surface area contributed by atoms with Crippen molar-refractivity contribution >= 4 is 0 Å². The predicted octanol–water partition coefficient (Wildman–Crippen LogP) is 4.60. The molecule has 0 saturated heterocycles. The lowest BCUT2D eigenvalue weighted by atomic mass is 9.89. The zero-order valence-electron chi connectivity index (χ0n) is 17.1. The molecule has 0 radical (unpaired) electrons. The summed E-state index contributed by atoms with van der Waals surface area (Å²) in [5.41, 5.74) is 7.63. The average molecular weight is 356 g/mol. The highest BCUT2D eigenvalue weighted by atomic mass is 16.5. The summed E-state index contributed by atoms with van der Waals surface area (Å²) < 4.78 is 12.1. The quantitative estimate of drug-likeness (QED) is 0.613. The van der Waals surface area contributed by atoms with Crippen molar-refractivity contribution in [3.8, 4) is 0 Å². The van der Waals surface area contributed by atoms with Crippen LogP contribution in [0.4, 0.5) is 0 Å². The first-order valence-electron chi connectivity index (χ1n) is 9.38. The molecule has 0 aliphatic carbocycles. The molecule has 142 valence electrons. The summed E-state index contributed by atoms with van der Waals surface area (Å²) in [5, 5.41) is 0. The van der Waals surface area contributed by atoms with E-state index in [1.165, 1.54) is 33.4 Å². The van der Waals surface area contributed by atoms with E-state index in [2.05, 4.69) is 83.1 Å². The second-order valence-electron chi connectivity index (χ2n) is 7.28. The molecule has 0 aliphatic heterocycles. The Bertz CT molecular complexity index is 617. The van der Waals surface area contributed by atoms with Gasteiger partial charge in [0.1, 0.15) is 6.10 Å². The van der Waals surface area contributed by atoms with Crippen LogP contribution in [-0.2, 0) is 9.47 Å². The van der Waals surface area contributed by atoms with Gasteiger partial charge in [-0.1, -0.05) is 36.4 Å². The van der Waals surface area contributed by atoms with Crippen LogP contribution < -0.4 is 0 Å². The van der Waals surface area contributed by atoms with Crippen LogP contribution >= 0.6 is 0 Å². The lowest BCUT2D eigenvalue weighted by Gasteiger charge is -2.26. The Morgan fingerprint density at radius 3 is 1.62 bits per heavy atom. The molecule has 0 aromatic heterocycles. The summed E-state index contributed by atoms with van der Waals surface area (Å²) in [4.78, 5) is 2.12. The second-order valence-corrected chi connectivity index (χ2v) is 7.28. The molecule has 0 atom stereocenters. The number of nitrogens with zero attached hydrogens (tertiary/aromatic N) is 1. The molecular weight excluding hydrogens is 322 g/mol. The fourth-order valence-electron chi connectivity index (χ4n) is 3.37. The number of hydrogen-bond donors (Lipinski definition) is 0. The lowest BCUT2D eigenvalue weighted by molar-refractivity contribution is 0.0159. The van der Waals surface area contributed by atoms with E-state index in [1.54, 1.807) is 0 Å². The van der Waals surface area contributed by atoms with Gasteiger partial charge in [0.15, 0.2) is 0 Å². The van der Waals surface area contributed by atoms with E-state index < -0.39 is 0 Å². The van der Waals surface area contributed by atoms with Crippen LogP contribution in [0.15, 0.2) is 36.4 Å². The van der Waals surface area contributed by atoms with Crippen LogP contribution in [0.2, 0.25) is 0 Å². The van der Waals surface area contributed by atoms with Gasteiger partial charge < -0.3 is 14.4 Å². The average Bonchev–Trinajstić information content (AvgIpc) is 2.56. The number of ether oxygens (including phenoxy) is 2. The Balaban J connectivity index is 2.21. The molecule has 2 aromatic rings. The van der Waals surface area contributed by atoms with Crippen LogP contribution in [-0.4, -0.2) is 45.4 Å². The summed E-state index contributed by atoms with van der Waals surface area (Å²) in [7, 11) is 4.11. The van der Waals surface area contributed by atoms with Crippen molar-refractivity contribution < 1.29 is 9.47 Å². The van der Waals surface area contributed by atoms with E-state index in [0.717, 1.165) is 13.2 Å². The predicted molar refractivity (Wildman–Crippen MR) is 109 cm³/mol. The third kappa shape index (κ3) is 5.41. The van der Waals surface area contributed by atoms with Crippen molar-refractivity contribution in [3.05, 3.63) is 69.8 Å². The van der Waals surface area contributed by atoms with Crippen LogP contribution in [0.3, 0.4) is 0 Å². The molecule has 2 rings (SSSR count). The SMILES string of the molecule is Cc1cccc(C)c1C(OCCOCCN(C)C)c1c(C)cccc1C. The van der Waals surface area contributed by atoms with Crippen molar-refractivity contribution in [2.75, 3.05) is 40.5 Å². The van der Waals surface area contributed by atoms with E-state index in [-0.39, 0.29) is 6.10 Å². The van der Waals surface area contributed by atoms with Crippen molar-refractivity contribution in [1.29, 1.82) is 0 Å². The lowest BCUT2D eigenvalue weighted by Crippen LogP contribution is -2.20. The van der Waals surface area contributed by atoms with E-state index in [0.29, 0.717) is 13.2 Å². The zero-order chi connectivity index (χ0) is 19.1. The van der Waals surface area contributed by atoms with Gasteiger partial charge in [-0.05, 0) is 75.2 Å². The van der Waals surface area contributed by atoms with Crippen LogP contribution in [0.5, 0.6) is 0 Å². The zero-order valence-corrected chi connectivity index (χ0v) is 17.1. The molecule has 0 amide bonds. The smallest absolute Gasteiger partial charge is 0.109 e. The Morgan fingerprint density at radius 1 is 0.731 bits per heavy atom. The number of likely N-dealkylation sites (N-methyl/N-ethyl adjacent to an activating group) is 1. The highest BCUT2D eigenvalue weighted by Gasteiger charge is 2.22. The molecule has 2 aromatic carbocycles. The molecule has 0 aliphatic rings. The van der Waals surface area contributed by atoms with Gasteiger partial charge >= 0.3 is 0 Å². The minimum absolute atomic E-state index is 0.0603. The first-order chi connectivity index (χ1) is 12.4. The minimum atomic E-state index is -0.0603. The topological polar surface area (TPSA) is 21.7 Å². The number of hydrogen-bond acceptors (Lipinski definition) is 3. The van der Waals surface area contributed by atoms with E-state index >= 15 is 0 Å². The number of rotatable bonds is 9. The summed E-state index contributed by atoms with van der Waals surface area (Å²) in [5.74, 6) is 0. The molecule has 0 saturated carbocycles. The van der Waals surface area contributed by atoms with Gasteiger partial charge in [-0.15, -0.1) is 0 Å². The van der Waals surface area contributed by atoms with Gasteiger partial charge in [0.2, 0.25) is 0 Å². The second kappa shape index (κ2) is 9.86. The van der Waals surface area contributed by atoms with E-state index in [1.807, 2.05) is 0 Å². The van der Waals surface area contributed by atoms with Gasteiger partial charge in [0.25, 0.3) is 0 Å². The van der Waals surface area contributed by atoms with Crippen molar-refractivity contribution in [2.45, 2.75) is 33.8 Å². The standard InChI is InChI=1S/C23H33NO2/c1-17-9-7-10-18(2)21(17)23(22-19(3)11-8-12-20(22)4)26-16-15-25-14-13-24(5)6/h7-12,23H,13-16H2,1-6H3. The fraction of sp³-hybridized carbons (Fsp3) is 0.478. The third-order valence-electron chi connectivity index (χ3n) is 4.80. The normalized spacial score (nSPS) is 11.5. The van der Waals surface area contributed by atoms with Gasteiger partial charge in [-0.2, -0.15) is 0 Å². The van der Waals surface area contributed by atoms with E-state index in [9.17, 15) is 0 Å². The first-order valence-corrected chi connectivity index (χ1v) is 9.38. The van der Waals surface area contributed by atoms with Gasteiger partial charge in [-0.25, -0.2) is 0 Å². The summed E-state index contributed by atoms with van der Waals surface area (Å²) >= 11 is 0. The highest BCUT2D eigenvalue weighted by Crippen LogP contribution is 2.34. The van der Waals surface area contributed by atoms with Crippen LogP contribution in [0, 0.1) is 27.7 Å². The highest BCUT2D eigenvalue weighted by molar-refractivity contribution is 5.46. The Hall–Kier alpha value is -1.68. The van der Waals surface area contributed by atoms with Gasteiger partial charge in [-0.3, -0.25) is 0 Å². The molecule has 3 heteroatoms. The van der Waals surface area contributed by atoms with Crippen LogP contribution in [0.25, 0.3) is 0 Å². The summed E-state index contributed by atoms with van der Waals surface area (Å²) in [6.07, 6.45) is -0.0603. The van der Waals surface area contributed by atoms with E-state index in [4.69, 9.17) is 9.47 Å². The maximum atomic E-state index is 6.41. The first kappa shape index (κ1) is 20.6. The molecule has 0 N–H and O–H groups in total.